The van der Waals surface area contributed by atoms with Gasteiger partial charge in [0.2, 0.25) is 10.0 Å². The number of sulfonamides is 1. The number of carbonyl (C=O) groups excluding carboxylic acids is 1. The molecule has 6 rings (SSSR count). The predicted octanol–water partition coefficient (Wildman–Crippen LogP) is 5.44. The summed E-state index contributed by atoms with van der Waals surface area (Å²) < 4.78 is 47.4. The number of fused-ring (bicyclic) bond motifs is 3. The number of halogens is 1. The van der Waals surface area contributed by atoms with E-state index in [-0.39, 0.29) is 23.3 Å². The van der Waals surface area contributed by atoms with Crippen molar-refractivity contribution >= 4 is 33.2 Å². The molecular weight excluding hydrogens is 678 g/mol. The van der Waals surface area contributed by atoms with Gasteiger partial charge in [-0.2, -0.15) is 0 Å². The zero-order valence-electron chi connectivity index (χ0n) is 29.6. The number of nitrogens with one attached hydrogen (secondary N) is 1. The van der Waals surface area contributed by atoms with Crippen LogP contribution in [0.15, 0.2) is 36.4 Å². The lowest BCUT2D eigenvalue weighted by molar-refractivity contribution is -0.107. The number of aliphatic hydroxyl groups is 1. The van der Waals surface area contributed by atoms with Crippen molar-refractivity contribution in [3.8, 4) is 5.75 Å². The van der Waals surface area contributed by atoms with Crippen molar-refractivity contribution in [3.05, 3.63) is 58.1 Å². The van der Waals surface area contributed by atoms with Crippen LogP contribution in [0.2, 0.25) is 5.02 Å². The Kier molecular flexibility index (Phi) is 12.3. The third kappa shape index (κ3) is 8.96. The Bertz CT molecular complexity index is 1580. The van der Waals surface area contributed by atoms with Gasteiger partial charge in [-0.15, -0.1) is 0 Å². The van der Waals surface area contributed by atoms with Gasteiger partial charge < -0.3 is 24.2 Å². The Labute approximate surface area is 302 Å². The highest BCUT2D eigenvalue weighted by molar-refractivity contribution is 7.90. The minimum absolute atomic E-state index is 0.0711. The Morgan fingerprint density at radius 1 is 0.940 bits per heavy atom. The highest BCUT2D eigenvalue weighted by Gasteiger charge is 2.47. The molecule has 10 nitrogen and oxygen atoms in total. The van der Waals surface area contributed by atoms with E-state index in [4.69, 9.17) is 25.8 Å². The van der Waals surface area contributed by atoms with Crippen molar-refractivity contribution in [2.24, 2.45) is 17.8 Å². The molecule has 1 saturated heterocycles. The minimum Gasteiger partial charge on any atom is -0.487 e. The first-order valence-electron chi connectivity index (χ1n) is 18.5. The number of ether oxygens (including phenoxy) is 3. The first kappa shape index (κ1) is 37.4. The van der Waals surface area contributed by atoms with Crippen LogP contribution in [0, 0.1) is 17.8 Å². The van der Waals surface area contributed by atoms with Crippen LogP contribution in [0.4, 0.5) is 5.69 Å². The van der Waals surface area contributed by atoms with Gasteiger partial charge in [0.1, 0.15) is 12.4 Å². The molecular formula is C38H54ClN3O7S. The molecule has 2 aromatic rings. The van der Waals surface area contributed by atoms with Gasteiger partial charge in [0.15, 0.2) is 0 Å². The Morgan fingerprint density at radius 2 is 1.72 bits per heavy atom. The monoisotopic (exact) mass is 731 g/mol. The maximum Gasteiger partial charge on any atom is 0.264 e. The number of anilines is 1. The second-order valence-electron chi connectivity index (χ2n) is 14.9. The van der Waals surface area contributed by atoms with E-state index in [1.54, 1.807) is 25.1 Å². The van der Waals surface area contributed by atoms with E-state index in [0.717, 1.165) is 63.0 Å². The molecule has 2 aromatic carbocycles. The van der Waals surface area contributed by atoms with E-state index in [1.165, 1.54) is 5.56 Å². The lowest BCUT2D eigenvalue weighted by atomic mass is 9.62. The molecule has 50 heavy (non-hydrogen) atoms. The second kappa shape index (κ2) is 16.5. The number of hydrogen-bond donors (Lipinski definition) is 2. The van der Waals surface area contributed by atoms with Crippen LogP contribution in [0.3, 0.4) is 0 Å². The van der Waals surface area contributed by atoms with Gasteiger partial charge in [0.05, 0.1) is 43.0 Å². The van der Waals surface area contributed by atoms with Crippen LogP contribution in [0.25, 0.3) is 0 Å². The molecule has 0 spiro atoms. The first-order chi connectivity index (χ1) is 24.0. The lowest BCUT2D eigenvalue weighted by Crippen LogP contribution is -2.56. The summed E-state index contributed by atoms with van der Waals surface area (Å²) in [6.45, 7) is 9.65. The zero-order valence-corrected chi connectivity index (χ0v) is 31.2. The maximum absolute atomic E-state index is 13.5. The number of benzene rings is 2. The summed E-state index contributed by atoms with van der Waals surface area (Å²) in [7, 11) is -3.96. The molecule has 2 bridgehead atoms. The van der Waals surface area contributed by atoms with E-state index in [9.17, 15) is 18.3 Å². The van der Waals surface area contributed by atoms with E-state index < -0.39 is 26.8 Å². The molecule has 0 radical (unpaired) electrons. The van der Waals surface area contributed by atoms with Gasteiger partial charge in [-0.1, -0.05) is 31.0 Å². The molecule has 0 unspecified atom stereocenters. The number of carbonyl (C=O) groups is 1. The van der Waals surface area contributed by atoms with Crippen LogP contribution in [0.1, 0.15) is 80.3 Å². The summed E-state index contributed by atoms with van der Waals surface area (Å²) >= 11 is 6.38. The fraction of sp³-hybridized carbons (Fsp3) is 0.658. The highest BCUT2D eigenvalue weighted by Crippen LogP contribution is 2.46. The second-order valence-corrected chi connectivity index (χ2v) is 17.4. The normalized spacial score (nSPS) is 30.4. The van der Waals surface area contributed by atoms with Gasteiger partial charge >= 0.3 is 0 Å². The molecule has 4 aliphatic rings. The van der Waals surface area contributed by atoms with Crippen molar-refractivity contribution in [2.45, 2.75) is 82.7 Å². The number of β-amino-alcohol motifs (C(OH)–C–C–N with tert-alkyl or cyclic N) is 1. The summed E-state index contributed by atoms with van der Waals surface area (Å²) in [5.74, 6) is 0.0952. The quantitative estimate of drug-likeness (QED) is 0.417. The standard InChI is InChI=1S/C38H54ClN3O7S/c1-27-6-5-14-38(44,26-41-16-18-47-20-21-48-19-17-41)34-12-9-31(34)24-42-15-4-3-7-29-22-33(39)11-8-32(29)25-49-36-13-10-30(23-35(36)42)37(43)40-50(45,46)28(27)2/h8,10-11,13,22-23,27-28,31,34,44H,3-7,9,12,14-21,24-26H2,1-2H3,(H,40,43)/t27-,28+,31-,34+,38-/m0/s1. The molecule has 3 aliphatic heterocycles. The Hall–Kier alpha value is -2.41. The van der Waals surface area contributed by atoms with E-state index >= 15 is 0 Å². The van der Waals surface area contributed by atoms with Gasteiger partial charge in [0.25, 0.3) is 5.91 Å². The molecule has 1 amide bonds. The summed E-state index contributed by atoms with van der Waals surface area (Å²) in [4.78, 5) is 18.1. The van der Waals surface area contributed by atoms with Crippen molar-refractivity contribution in [2.75, 3.05) is 64.1 Å². The zero-order chi connectivity index (χ0) is 35.3. The number of hydrogen-bond acceptors (Lipinski definition) is 9. The average molecular weight is 732 g/mol. The number of aryl methyl sites for hydroxylation is 1. The van der Waals surface area contributed by atoms with Crippen molar-refractivity contribution in [1.82, 2.24) is 9.62 Å². The number of rotatable bonds is 2. The minimum atomic E-state index is -3.96. The van der Waals surface area contributed by atoms with Gasteiger partial charge in [-0.05, 0) is 111 Å². The summed E-state index contributed by atoms with van der Waals surface area (Å²) in [5.41, 5.74) is 2.32. The van der Waals surface area contributed by atoms with E-state index in [1.807, 2.05) is 25.1 Å². The van der Waals surface area contributed by atoms with Crippen LogP contribution < -0.4 is 14.4 Å². The van der Waals surface area contributed by atoms with Gasteiger partial charge in [-0.25, -0.2) is 13.1 Å². The molecule has 1 aliphatic carbocycles. The molecule has 2 fully saturated rings. The van der Waals surface area contributed by atoms with Crippen LogP contribution in [0.5, 0.6) is 5.75 Å². The summed E-state index contributed by atoms with van der Waals surface area (Å²) in [6, 6.07) is 11.1. The lowest BCUT2D eigenvalue weighted by Gasteiger charge is -2.51. The summed E-state index contributed by atoms with van der Waals surface area (Å²) in [6.07, 6.45) is 6.53. The number of nitrogens with zero attached hydrogens (tertiary/aromatic N) is 2. The van der Waals surface area contributed by atoms with Gasteiger partial charge in [-0.3, -0.25) is 9.69 Å². The molecule has 12 heteroatoms. The molecule has 3 heterocycles. The van der Waals surface area contributed by atoms with E-state index in [0.29, 0.717) is 76.2 Å². The van der Waals surface area contributed by atoms with Crippen LogP contribution >= 0.6 is 11.6 Å². The molecule has 2 N–H and O–H groups in total. The Morgan fingerprint density at radius 3 is 2.46 bits per heavy atom. The Balaban J connectivity index is 1.36. The smallest absolute Gasteiger partial charge is 0.264 e. The predicted molar refractivity (Wildman–Crippen MR) is 195 cm³/mol. The summed E-state index contributed by atoms with van der Waals surface area (Å²) in [5, 5.41) is 12.6. The van der Waals surface area contributed by atoms with Crippen LogP contribution in [-0.2, 0) is 32.5 Å². The molecule has 0 aromatic heterocycles. The maximum atomic E-state index is 13.5. The first-order valence-corrected chi connectivity index (χ1v) is 20.4. The highest BCUT2D eigenvalue weighted by atomic mass is 35.5. The SMILES string of the molecule is C[C@@H]1[C@@H](C)CCC[C@](O)(CN2CCOCCOCC2)[C@@H]2CC[C@H]2CN2CCCCc3cc(Cl)ccc3COc3ccc(cc32)C(=O)NS1(=O)=O. The van der Waals surface area contributed by atoms with Crippen molar-refractivity contribution in [3.63, 3.8) is 0 Å². The third-order valence-electron chi connectivity index (χ3n) is 11.6. The van der Waals surface area contributed by atoms with Crippen LogP contribution in [-0.4, -0.2) is 94.3 Å². The number of amides is 1. The fourth-order valence-electron chi connectivity index (χ4n) is 8.16. The molecule has 1 saturated carbocycles. The average Bonchev–Trinajstić information content (AvgIpc) is 3.17. The fourth-order valence-corrected chi connectivity index (χ4v) is 9.66. The third-order valence-corrected chi connectivity index (χ3v) is 13.7. The molecule has 5 atom stereocenters. The van der Waals surface area contributed by atoms with E-state index in [2.05, 4.69) is 14.5 Å². The van der Waals surface area contributed by atoms with Crippen molar-refractivity contribution < 1.29 is 32.5 Å². The van der Waals surface area contributed by atoms with Crippen molar-refractivity contribution in [1.29, 1.82) is 0 Å². The molecule has 276 valence electrons. The largest absolute Gasteiger partial charge is 0.487 e. The topological polar surface area (TPSA) is 118 Å². The van der Waals surface area contributed by atoms with Gasteiger partial charge in [0, 0.05) is 43.3 Å².